The van der Waals surface area contributed by atoms with Gasteiger partial charge >= 0.3 is 23.6 Å². The van der Waals surface area contributed by atoms with Crippen LogP contribution >= 0.6 is 0 Å². The number of sulfonamides is 2. The van der Waals surface area contributed by atoms with Crippen molar-refractivity contribution < 1.29 is 36.0 Å². The van der Waals surface area contributed by atoms with Gasteiger partial charge in [-0.15, -0.1) is 0 Å². The molecular weight excluding hydrogens is 394 g/mol. The fourth-order valence-corrected chi connectivity index (χ4v) is 2.21. The van der Waals surface area contributed by atoms with Crippen LogP contribution in [-0.4, -0.2) is 58.0 Å². The van der Waals surface area contributed by atoms with Crippen LogP contribution in [-0.2, 0) is 39.2 Å². The van der Waals surface area contributed by atoms with Gasteiger partial charge in [-0.25, -0.2) is 31.3 Å². The summed E-state index contributed by atoms with van der Waals surface area (Å²) in [6.45, 7) is 0. The van der Waals surface area contributed by atoms with E-state index in [9.17, 15) is 36.0 Å². The van der Waals surface area contributed by atoms with Gasteiger partial charge in [-0.05, 0) is 12.1 Å². The Kier molecular flexibility index (Phi) is 6.35. The molecule has 4 amide bonds. The lowest BCUT2D eigenvalue weighted by atomic mass is 10.4. The van der Waals surface area contributed by atoms with Gasteiger partial charge in [0.1, 0.15) is 11.6 Å². The SMILES string of the molecule is CS(=O)(=O)NC(=O)C(=O)Nc1cccc(NC(=O)C(=O)NS(C)(=O)=O)n1. The zero-order chi connectivity index (χ0) is 20.1. The lowest BCUT2D eigenvalue weighted by Gasteiger charge is -2.07. The minimum absolute atomic E-state index is 0.250. The quantitative estimate of drug-likeness (QED) is 0.378. The number of carbonyl (C=O) groups excluding carboxylic acids is 4. The van der Waals surface area contributed by atoms with Crippen molar-refractivity contribution in [3.05, 3.63) is 18.2 Å². The second kappa shape index (κ2) is 7.87. The van der Waals surface area contributed by atoms with Crippen molar-refractivity contribution in [2.45, 2.75) is 0 Å². The van der Waals surface area contributed by atoms with E-state index < -0.39 is 43.7 Å². The number of hydrogen-bond donors (Lipinski definition) is 4. The summed E-state index contributed by atoms with van der Waals surface area (Å²) in [6, 6.07) is 3.69. The summed E-state index contributed by atoms with van der Waals surface area (Å²) < 4.78 is 46.4. The van der Waals surface area contributed by atoms with Crippen molar-refractivity contribution >= 4 is 55.3 Å². The highest BCUT2D eigenvalue weighted by Gasteiger charge is 2.20. The molecule has 142 valence electrons. The van der Waals surface area contributed by atoms with Gasteiger partial charge in [-0.3, -0.25) is 19.2 Å². The molecule has 0 fully saturated rings. The zero-order valence-corrected chi connectivity index (χ0v) is 14.9. The second-order valence-electron chi connectivity index (χ2n) is 4.72. The molecule has 15 heteroatoms. The molecule has 0 saturated heterocycles. The number of hydrogen-bond acceptors (Lipinski definition) is 9. The number of amides is 4. The Balaban J connectivity index is 2.79. The van der Waals surface area contributed by atoms with E-state index in [0.29, 0.717) is 12.5 Å². The first-order chi connectivity index (χ1) is 11.8. The summed E-state index contributed by atoms with van der Waals surface area (Å²) in [5.74, 6) is -6.12. The number of rotatable bonds is 4. The highest BCUT2D eigenvalue weighted by molar-refractivity contribution is 7.89. The molecule has 1 heterocycles. The third-order valence-corrected chi connectivity index (χ3v) is 3.31. The van der Waals surface area contributed by atoms with Crippen LogP contribution in [0.2, 0.25) is 0 Å². The van der Waals surface area contributed by atoms with Crippen molar-refractivity contribution in [2.75, 3.05) is 23.1 Å². The maximum absolute atomic E-state index is 11.5. The topological polar surface area (TPSA) is 198 Å². The van der Waals surface area contributed by atoms with E-state index in [1.54, 1.807) is 0 Å². The van der Waals surface area contributed by atoms with Crippen molar-refractivity contribution in [2.24, 2.45) is 0 Å². The largest absolute Gasteiger partial charge is 0.323 e. The van der Waals surface area contributed by atoms with Gasteiger partial charge in [0, 0.05) is 0 Å². The lowest BCUT2D eigenvalue weighted by Crippen LogP contribution is -2.39. The van der Waals surface area contributed by atoms with Crippen LogP contribution in [0.3, 0.4) is 0 Å². The fraction of sp³-hybridized carbons (Fsp3) is 0.182. The molecule has 26 heavy (non-hydrogen) atoms. The van der Waals surface area contributed by atoms with Crippen LogP contribution in [0, 0.1) is 0 Å². The molecule has 1 aromatic heterocycles. The Labute approximate surface area is 147 Å². The Hall–Kier alpha value is -3.07. The van der Waals surface area contributed by atoms with Crippen LogP contribution < -0.4 is 20.1 Å². The first-order valence-corrected chi connectivity index (χ1v) is 10.2. The maximum Gasteiger partial charge on any atom is 0.323 e. The zero-order valence-electron chi connectivity index (χ0n) is 13.3. The Morgan fingerprint density at radius 1 is 0.731 bits per heavy atom. The predicted molar refractivity (Wildman–Crippen MR) is 87.5 cm³/mol. The van der Waals surface area contributed by atoms with E-state index in [0.717, 1.165) is 0 Å². The third-order valence-electron chi connectivity index (χ3n) is 2.20. The van der Waals surface area contributed by atoms with Crippen LogP contribution in [0.5, 0.6) is 0 Å². The van der Waals surface area contributed by atoms with Gasteiger partial charge in [0.15, 0.2) is 0 Å². The number of nitrogens with one attached hydrogen (secondary N) is 4. The standard InChI is InChI=1S/C11H13N5O8S2/c1-25(21,22)15-10(19)8(17)13-6-4-3-5-7(12-6)14-9(18)11(20)16-26(2,23)24/h3-5H,1-2H3,(H,15,19)(H,16,20)(H2,12,13,14,17,18). The summed E-state index contributed by atoms with van der Waals surface area (Å²) in [5, 5.41) is 3.94. The summed E-state index contributed by atoms with van der Waals surface area (Å²) in [7, 11) is -7.88. The molecule has 0 bridgehead atoms. The van der Waals surface area contributed by atoms with E-state index in [-0.39, 0.29) is 11.6 Å². The molecule has 4 N–H and O–H groups in total. The van der Waals surface area contributed by atoms with Crippen molar-refractivity contribution in [3.8, 4) is 0 Å². The predicted octanol–water partition coefficient (Wildman–Crippen LogP) is -2.89. The first kappa shape index (κ1) is 21.0. The van der Waals surface area contributed by atoms with E-state index in [4.69, 9.17) is 0 Å². The Morgan fingerprint density at radius 3 is 1.38 bits per heavy atom. The van der Waals surface area contributed by atoms with E-state index >= 15 is 0 Å². The van der Waals surface area contributed by atoms with Gasteiger partial charge in [-0.2, -0.15) is 0 Å². The van der Waals surface area contributed by atoms with Gasteiger partial charge in [-0.1, -0.05) is 6.07 Å². The van der Waals surface area contributed by atoms with E-state index in [1.807, 2.05) is 10.6 Å². The lowest BCUT2D eigenvalue weighted by molar-refractivity contribution is -0.135. The number of carbonyl (C=O) groups is 4. The average Bonchev–Trinajstić information content (AvgIpc) is 2.43. The molecule has 0 radical (unpaired) electrons. The average molecular weight is 407 g/mol. The summed E-state index contributed by atoms with van der Waals surface area (Å²) in [5.41, 5.74) is 0. The van der Waals surface area contributed by atoms with Crippen LogP contribution in [0.15, 0.2) is 18.2 Å². The molecule has 0 aliphatic heterocycles. The normalized spacial score (nSPS) is 11.2. The van der Waals surface area contributed by atoms with Crippen LogP contribution in [0.1, 0.15) is 0 Å². The monoisotopic (exact) mass is 407 g/mol. The van der Waals surface area contributed by atoms with Crippen molar-refractivity contribution in [3.63, 3.8) is 0 Å². The second-order valence-corrected chi connectivity index (χ2v) is 8.22. The Morgan fingerprint density at radius 2 is 1.08 bits per heavy atom. The minimum Gasteiger partial charge on any atom is -0.302 e. The molecule has 1 rings (SSSR count). The third kappa shape index (κ3) is 7.67. The fourth-order valence-electron chi connectivity index (χ4n) is 1.35. The van der Waals surface area contributed by atoms with Gasteiger partial charge in [0.2, 0.25) is 20.0 Å². The Bertz CT molecular complexity index is 895. The molecule has 0 saturated carbocycles. The maximum atomic E-state index is 11.5. The first-order valence-electron chi connectivity index (χ1n) is 6.40. The molecule has 0 spiro atoms. The number of aromatic nitrogens is 1. The van der Waals surface area contributed by atoms with Gasteiger partial charge in [0.05, 0.1) is 12.5 Å². The highest BCUT2D eigenvalue weighted by Crippen LogP contribution is 2.09. The molecule has 0 aromatic carbocycles. The highest BCUT2D eigenvalue weighted by atomic mass is 32.2. The molecule has 0 unspecified atom stereocenters. The van der Waals surface area contributed by atoms with Crippen molar-refractivity contribution in [1.82, 2.24) is 14.4 Å². The van der Waals surface area contributed by atoms with Crippen molar-refractivity contribution in [1.29, 1.82) is 0 Å². The molecule has 0 aliphatic carbocycles. The van der Waals surface area contributed by atoms with Gasteiger partial charge in [0.25, 0.3) is 0 Å². The van der Waals surface area contributed by atoms with Gasteiger partial charge < -0.3 is 10.6 Å². The number of pyridine rings is 1. The summed E-state index contributed by atoms with van der Waals surface area (Å²) >= 11 is 0. The van der Waals surface area contributed by atoms with Crippen LogP contribution in [0.4, 0.5) is 11.6 Å². The minimum atomic E-state index is -3.94. The van der Waals surface area contributed by atoms with E-state index in [1.165, 1.54) is 27.6 Å². The molecule has 1 aromatic rings. The van der Waals surface area contributed by atoms with Crippen LogP contribution in [0.25, 0.3) is 0 Å². The molecule has 0 aliphatic rings. The number of nitrogens with zero attached hydrogens (tertiary/aromatic N) is 1. The molecule has 0 atom stereocenters. The smallest absolute Gasteiger partial charge is 0.302 e. The summed E-state index contributed by atoms with van der Waals surface area (Å²) in [4.78, 5) is 49.4. The van der Waals surface area contributed by atoms with E-state index in [2.05, 4.69) is 4.98 Å². The number of anilines is 2. The molecular formula is C11H13N5O8S2. The summed E-state index contributed by atoms with van der Waals surface area (Å²) in [6.07, 6.45) is 1.35. The molecule has 13 nitrogen and oxygen atoms in total.